The Kier molecular flexibility index (Phi) is 14.6. The molecule has 15 heteroatoms. The maximum atomic E-state index is 14.5. The summed E-state index contributed by atoms with van der Waals surface area (Å²) < 4.78 is 5.25. The Morgan fingerprint density at radius 2 is 1.71 bits per heavy atom. The fourth-order valence-corrected chi connectivity index (χ4v) is 9.22. The number of Topliss-reactive ketones (excluding diaryl/α,β-unsaturated/α-hetero) is 2. The first-order valence-corrected chi connectivity index (χ1v) is 22.0. The molecule has 0 fully saturated rings. The molecule has 4 N–H and O–H groups in total. The van der Waals surface area contributed by atoms with E-state index in [1.54, 1.807) is 6.92 Å². The van der Waals surface area contributed by atoms with Crippen molar-refractivity contribution in [2.24, 2.45) is 0 Å². The van der Waals surface area contributed by atoms with Crippen LogP contribution in [0.25, 0.3) is 23.2 Å². The third kappa shape index (κ3) is 9.58. The van der Waals surface area contributed by atoms with Gasteiger partial charge in [0.1, 0.15) is 12.0 Å². The van der Waals surface area contributed by atoms with E-state index in [-0.39, 0.29) is 53.4 Å². The van der Waals surface area contributed by atoms with E-state index in [9.17, 15) is 29.1 Å². The van der Waals surface area contributed by atoms with Gasteiger partial charge in [0.15, 0.2) is 11.6 Å². The number of benzene rings is 1. The Balaban J connectivity index is 1.44. The zero-order valence-electron chi connectivity index (χ0n) is 36.0. The number of fused-ring (bicyclic) bond motifs is 10. The van der Waals surface area contributed by atoms with Crippen molar-refractivity contribution >= 4 is 81.5 Å². The van der Waals surface area contributed by atoms with Crippen LogP contribution >= 0.6 is 23.2 Å². The van der Waals surface area contributed by atoms with E-state index in [0.717, 1.165) is 29.1 Å². The van der Waals surface area contributed by atoms with Crippen molar-refractivity contribution in [1.82, 2.24) is 25.3 Å². The van der Waals surface area contributed by atoms with Gasteiger partial charge < -0.3 is 30.0 Å². The second-order valence-electron chi connectivity index (χ2n) is 16.2. The number of alkyl halides is 2. The molecule has 2 aromatic heterocycles. The summed E-state index contributed by atoms with van der Waals surface area (Å²) in [6.45, 7) is 14.6. The molecule has 0 saturated carbocycles. The van der Waals surface area contributed by atoms with Gasteiger partial charge in [0, 0.05) is 111 Å². The number of carbonyl (C=O) groups is 5. The average Bonchev–Trinajstić information content (AvgIpc) is 3.86. The van der Waals surface area contributed by atoms with Gasteiger partial charge in [-0.25, -0.2) is 4.79 Å². The van der Waals surface area contributed by atoms with Gasteiger partial charge in [0.05, 0.1) is 18.3 Å². The number of nitrogens with zero attached hydrogens (tertiary/aromatic N) is 3. The molecule has 3 aliphatic rings. The number of carboxylic acids is 1. The fourth-order valence-electron chi connectivity index (χ4n) is 8.81. The summed E-state index contributed by atoms with van der Waals surface area (Å²) in [7, 11) is 1.22. The highest BCUT2D eigenvalue weighted by Gasteiger charge is 2.40. The largest absolute Gasteiger partial charge is 0.480 e. The fraction of sp³-hybridized carbons (Fsp3) is 0.426. The molecule has 8 bridgehead atoms. The lowest BCUT2D eigenvalue weighted by Gasteiger charge is -2.23. The highest BCUT2D eigenvalue weighted by molar-refractivity contribution is 6.24. The van der Waals surface area contributed by atoms with E-state index in [4.69, 9.17) is 37.9 Å². The molecule has 5 heterocycles. The smallest absolute Gasteiger partial charge is 0.326 e. The SMILES string of the molecule is C=c1[nH]c2cc3nc(cc4[nH]c(cc5nc(c1C(C(=O)OC)C(=O)C=2C)C(CCC(=O)NC(Cc1ccc(N(CCCl)CCCl)cc1)C(=O)O)[C@@H]5C)c(C)c4C(C)=O)CC3CC. The maximum Gasteiger partial charge on any atom is 0.326 e. The molecule has 3 aliphatic heterocycles. The summed E-state index contributed by atoms with van der Waals surface area (Å²) in [5.41, 5.74) is 7.19. The quantitative estimate of drug-likeness (QED) is 0.0597. The number of halogens is 2. The molecular weight excluding hydrogens is 831 g/mol. The van der Waals surface area contributed by atoms with E-state index < -0.39 is 41.5 Å². The van der Waals surface area contributed by atoms with Crippen LogP contribution in [-0.4, -0.2) is 92.5 Å². The van der Waals surface area contributed by atoms with Crippen LogP contribution in [-0.2, 0) is 36.8 Å². The number of carboxylic acid groups (broad SMARTS) is 1. The van der Waals surface area contributed by atoms with Gasteiger partial charge >= 0.3 is 11.9 Å². The number of nitrogens with one attached hydrogen (secondary N) is 3. The first-order valence-electron chi connectivity index (χ1n) is 20.9. The number of amides is 1. The summed E-state index contributed by atoms with van der Waals surface area (Å²) >= 11 is 12.0. The molecule has 328 valence electrons. The second kappa shape index (κ2) is 19.7. The number of ketones is 2. The van der Waals surface area contributed by atoms with Gasteiger partial charge in [-0.15, -0.1) is 23.2 Å². The highest BCUT2D eigenvalue weighted by atomic mass is 35.5. The molecule has 5 atom stereocenters. The first-order chi connectivity index (χ1) is 29.6. The minimum atomic E-state index is -1.42. The van der Waals surface area contributed by atoms with E-state index in [1.807, 2.05) is 61.2 Å². The highest BCUT2D eigenvalue weighted by Crippen LogP contribution is 2.42. The molecule has 6 rings (SSSR count). The van der Waals surface area contributed by atoms with Crippen molar-refractivity contribution in [3.8, 4) is 0 Å². The molecule has 4 unspecified atom stereocenters. The van der Waals surface area contributed by atoms with Gasteiger partial charge in [-0.05, 0) is 81.5 Å². The summed E-state index contributed by atoms with van der Waals surface area (Å²) in [6, 6.07) is 11.8. The Hall–Kier alpha value is -5.53. The molecule has 62 heavy (non-hydrogen) atoms. The lowest BCUT2D eigenvalue weighted by Crippen LogP contribution is -2.42. The number of H-pyrrole nitrogens is 2. The van der Waals surface area contributed by atoms with Crippen LogP contribution in [0.15, 0.2) is 42.5 Å². The number of esters is 1. The zero-order valence-corrected chi connectivity index (χ0v) is 37.5. The van der Waals surface area contributed by atoms with E-state index in [2.05, 4.69) is 28.8 Å². The van der Waals surface area contributed by atoms with E-state index >= 15 is 0 Å². The number of aliphatic carboxylic acids is 1. The molecule has 13 nitrogen and oxygen atoms in total. The van der Waals surface area contributed by atoms with Crippen LogP contribution < -0.4 is 20.9 Å². The molecule has 0 spiro atoms. The lowest BCUT2D eigenvalue weighted by atomic mass is 9.81. The van der Waals surface area contributed by atoms with Crippen molar-refractivity contribution in [2.75, 3.05) is 36.9 Å². The van der Waals surface area contributed by atoms with Crippen LogP contribution in [0.5, 0.6) is 0 Å². The van der Waals surface area contributed by atoms with Gasteiger partial charge in [-0.2, -0.15) is 0 Å². The third-order valence-electron chi connectivity index (χ3n) is 12.3. The molecule has 3 aromatic rings. The first kappa shape index (κ1) is 46.0. The molecule has 0 saturated heterocycles. The third-order valence-corrected chi connectivity index (χ3v) is 12.6. The number of aryl methyl sites for hydroxylation is 1. The molecule has 1 amide bonds. The number of ether oxygens (including phenoxy) is 1. The normalized spacial score (nSPS) is 18.5. The number of rotatable bonds is 15. The van der Waals surface area contributed by atoms with Gasteiger partial charge in [-0.3, -0.25) is 29.1 Å². The van der Waals surface area contributed by atoms with Crippen molar-refractivity contribution in [1.29, 1.82) is 0 Å². The zero-order chi connectivity index (χ0) is 45.0. The predicted molar refractivity (Wildman–Crippen MR) is 241 cm³/mol. The predicted octanol–water partition coefficient (Wildman–Crippen LogP) is 6.15. The average molecular weight is 886 g/mol. The minimum absolute atomic E-state index is 0.0282. The molecule has 0 radical (unpaired) electrons. The Morgan fingerprint density at radius 3 is 2.32 bits per heavy atom. The van der Waals surface area contributed by atoms with Crippen LogP contribution in [0.1, 0.15) is 120 Å². The van der Waals surface area contributed by atoms with Crippen molar-refractivity contribution in [3.63, 3.8) is 0 Å². The minimum Gasteiger partial charge on any atom is -0.480 e. The van der Waals surface area contributed by atoms with Gasteiger partial charge in [-0.1, -0.05) is 32.6 Å². The lowest BCUT2D eigenvalue weighted by molar-refractivity contribution is -0.144. The van der Waals surface area contributed by atoms with Crippen molar-refractivity contribution < 1.29 is 33.8 Å². The van der Waals surface area contributed by atoms with Crippen LogP contribution in [0.2, 0.25) is 0 Å². The van der Waals surface area contributed by atoms with Gasteiger partial charge in [0.25, 0.3) is 0 Å². The summed E-state index contributed by atoms with van der Waals surface area (Å²) in [5.74, 6) is -4.51. The van der Waals surface area contributed by atoms with Gasteiger partial charge in [0.2, 0.25) is 5.91 Å². The summed E-state index contributed by atoms with van der Waals surface area (Å²) in [6.07, 6.45) is 1.53. The van der Waals surface area contributed by atoms with E-state index in [0.29, 0.717) is 70.2 Å². The van der Waals surface area contributed by atoms with Crippen LogP contribution in [0.4, 0.5) is 5.69 Å². The number of aromatic amines is 2. The van der Waals surface area contributed by atoms with Crippen LogP contribution in [0.3, 0.4) is 0 Å². The Morgan fingerprint density at radius 1 is 1.02 bits per heavy atom. The van der Waals surface area contributed by atoms with Crippen LogP contribution in [0, 0.1) is 6.92 Å². The Labute approximate surface area is 370 Å². The number of methoxy groups -OCH3 is 1. The number of hydrogen-bond donors (Lipinski definition) is 4. The number of aromatic nitrogens is 4. The van der Waals surface area contributed by atoms with Crippen molar-refractivity contribution in [2.45, 2.75) is 96.4 Å². The van der Waals surface area contributed by atoms with E-state index in [1.165, 1.54) is 14.0 Å². The summed E-state index contributed by atoms with van der Waals surface area (Å²) in [4.78, 5) is 86.4. The monoisotopic (exact) mass is 884 g/mol. The standard InChI is InChI=1S/C47H54Cl2N6O7/c1-8-30-20-31-21-38-41(28(6)56)25(3)35(52-38)22-34-24(2)33(44(54-34)42-27(5)50-36(23-37(30)51-31)26(4)45(58)43(42)47(61)62-7)13-14-40(57)53-39(46(59)60)19-29-9-11-32(12-10-29)55(17-15-48)18-16-49/h9-12,21-24,30,33,39,43,50,52H,5,8,13-20H2,1-4,6-7H3,(H,53,57)(H,59,60)/t24-,30?,33?,39?,43?/m0/s1. The number of carbonyl (C=O) groups excluding carboxylic acids is 4. The summed E-state index contributed by atoms with van der Waals surface area (Å²) in [5, 5.41) is 13.6. The molecule has 1 aromatic carbocycles. The van der Waals surface area contributed by atoms with Crippen molar-refractivity contribution in [3.05, 3.63) is 98.2 Å². The number of anilines is 1. The molecular formula is C47H54Cl2N6O7. The Bertz CT molecular complexity index is 2580. The second-order valence-corrected chi connectivity index (χ2v) is 17.0. The maximum absolute atomic E-state index is 14.5. The topological polar surface area (TPSA) is 187 Å². The molecule has 0 aliphatic carbocycles. The number of hydrogen-bond acceptors (Lipinski definition) is 9.